The van der Waals surface area contributed by atoms with Gasteiger partial charge < -0.3 is 5.32 Å². The van der Waals surface area contributed by atoms with Gasteiger partial charge in [-0.15, -0.1) is 0 Å². The summed E-state index contributed by atoms with van der Waals surface area (Å²) in [4.78, 5) is 0. The highest BCUT2D eigenvalue weighted by atomic mass is 15.2. The topological polar surface area (TPSA) is 29.9 Å². The summed E-state index contributed by atoms with van der Waals surface area (Å²) < 4.78 is 1.88. The second-order valence-corrected chi connectivity index (χ2v) is 5.44. The van der Waals surface area contributed by atoms with Gasteiger partial charge >= 0.3 is 0 Å². The van der Waals surface area contributed by atoms with Crippen molar-refractivity contribution < 1.29 is 0 Å². The minimum absolute atomic E-state index is 0.596. The number of hydrogen-bond donors (Lipinski definition) is 1. The Bertz CT molecular complexity index is 490. The summed E-state index contributed by atoms with van der Waals surface area (Å²) in [5.41, 5.74) is 2.60. The van der Waals surface area contributed by atoms with Gasteiger partial charge in [0.15, 0.2) is 0 Å². The summed E-state index contributed by atoms with van der Waals surface area (Å²) >= 11 is 0. The van der Waals surface area contributed by atoms with Gasteiger partial charge in [-0.25, -0.2) is 0 Å². The molecule has 1 N–H and O–H groups in total. The van der Waals surface area contributed by atoms with Crippen LogP contribution in [0.3, 0.4) is 0 Å². The van der Waals surface area contributed by atoms with Crippen LogP contribution in [0.5, 0.6) is 0 Å². The molecular weight excluding hydrogens is 246 g/mol. The molecule has 1 atom stereocenters. The zero-order valence-corrected chi connectivity index (χ0v) is 12.5. The normalized spacial score (nSPS) is 12.5. The fraction of sp³-hybridized carbons (Fsp3) is 0.471. The number of rotatable bonds is 8. The summed E-state index contributed by atoms with van der Waals surface area (Å²) in [6.07, 6.45) is 5.34. The second-order valence-electron chi connectivity index (χ2n) is 5.44. The van der Waals surface area contributed by atoms with Gasteiger partial charge in [0, 0.05) is 13.2 Å². The number of nitrogens with one attached hydrogen (secondary N) is 1. The van der Waals surface area contributed by atoms with Crippen molar-refractivity contribution in [1.82, 2.24) is 15.1 Å². The van der Waals surface area contributed by atoms with Crippen LogP contribution in [0.2, 0.25) is 0 Å². The molecule has 0 saturated heterocycles. The molecule has 3 nitrogen and oxygen atoms in total. The van der Waals surface area contributed by atoms with Crippen LogP contribution in [-0.4, -0.2) is 22.9 Å². The van der Waals surface area contributed by atoms with E-state index >= 15 is 0 Å². The Balaban J connectivity index is 1.96. The molecule has 0 fully saturated rings. The predicted molar refractivity (Wildman–Crippen MR) is 83.7 cm³/mol. The number of nitrogens with zero attached hydrogens (tertiary/aromatic N) is 2. The van der Waals surface area contributed by atoms with Gasteiger partial charge in [0.25, 0.3) is 0 Å². The van der Waals surface area contributed by atoms with Crippen molar-refractivity contribution in [1.29, 1.82) is 0 Å². The third kappa shape index (κ3) is 4.82. The molecule has 0 aliphatic rings. The highest BCUT2D eigenvalue weighted by molar-refractivity contribution is 5.16. The molecule has 3 heteroatoms. The van der Waals surface area contributed by atoms with Gasteiger partial charge in [0.05, 0.1) is 5.69 Å². The monoisotopic (exact) mass is 271 g/mol. The van der Waals surface area contributed by atoms with E-state index in [4.69, 9.17) is 0 Å². The van der Waals surface area contributed by atoms with Crippen molar-refractivity contribution in [2.75, 3.05) is 13.1 Å². The lowest BCUT2D eigenvalue weighted by atomic mass is 9.94. The quantitative estimate of drug-likeness (QED) is 0.748. The molecule has 0 aliphatic carbocycles. The van der Waals surface area contributed by atoms with Crippen LogP contribution < -0.4 is 5.32 Å². The largest absolute Gasteiger partial charge is 0.316 e. The van der Waals surface area contributed by atoms with E-state index < -0.39 is 0 Å². The molecular formula is C17H25N3. The van der Waals surface area contributed by atoms with Gasteiger partial charge in [0.2, 0.25) is 0 Å². The molecule has 0 saturated carbocycles. The summed E-state index contributed by atoms with van der Waals surface area (Å²) in [5.74, 6) is 0.596. The highest BCUT2D eigenvalue weighted by Crippen LogP contribution is 2.13. The van der Waals surface area contributed by atoms with E-state index in [1.54, 1.807) is 0 Å². The number of aromatic nitrogens is 2. The van der Waals surface area contributed by atoms with Crippen LogP contribution >= 0.6 is 0 Å². The van der Waals surface area contributed by atoms with Crippen LogP contribution in [0.15, 0.2) is 42.6 Å². The van der Waals surface area contributed by atoms with Crippen LogP contribution in [0.1, 0.15) is 24.6 Å². The highest BCUT2D eigenvalue weighted by Gasteiger charge is 2.12. The fourth-order valence-corrected chi connectivity index (χ4v) is 2.51. The SMILES string of the molecule is CCCNCC(Cc1ccccc1)Cc1ccn(C)n1. The molecule has 1 unspecified atom stereocenters. The van der Waals surface area contributed by atoms with E-state index in [1.807, 2.05) is 17.9 Å². The maximum atomic E-state index is 4.51. The third-order valence-electron chi connectivity index (χ3n) is 3.49. The molecule has 0 bridgehead atoms. The lowest BCUT2D eigenvalue weighted by molar-refractivity contribution is 0.464. The van der Waals surface area contributed by atoms with E-state index in [0.29, 0.717) is 5.92 Å². The first-order valence-electron chi connectivity index (χ1n) is 7.51. The molecule has 2 rings (SSSR count). The molecule has 0 amide bonds. The first kappa shape index (κ1) is 14.8. The maximum absolute atomic E-state index is 4.51. The number of aryl methyl sites for hydroxylation is 1. The Labute approximate surface area is 122 Å². The molecule has 2 aromatic rings. The molecule has 0 radical (unpaired) electrons. The van der Waals surface area contributed by atoms with Gasteiger partial charge in [-0.05, 0) is 49.9 Å². The number of hydrogen-bond acceptors (Lipinski definition) is 2. The van der Waals surface area contributed by atoms with Crippen LogP contribution in [0, 0.1) is 5.92 Å². The van der Waals surface area contributed by atoms with Crippen LogP contribution in [0.4, 0.5) is 0 Å². The first-order chi connectivity index (χ1) is 9.78. The minimum atomic E-state index is 0.596. The molecule has 108 valence electrons. The lowest BCUT2D eigenvalue weighted by Gasteiger charge is -2.16. The predicted octanol–water partition coefficient (Wildman–Crippen LogP) is 2.82. The van der Waals surface area contributed by atoms with Crippen molar-refractivity contribution in [2.45, 2.75) is 26.2 Å². The molecule has 1 heterocycles. The number of benzene rings is 1. The van der Waals surface area contributed by atoms with Gasteiger partial charge in [-0.1, -0.05) is 37.3 Å². The van der Waals surface area contributed by atoms with E-state index in [9.17, 15) is 0 Å². The average Bonchev–Trinajstić information content (AvgIpc) is 2.85. The Kier molecular flexibility index (Phi) is 5.81. The summed E-state index contributed by atoms with van der Waals surface area (Å²) in [5, 5.41) is 8.06. The minimum Gasteiger partial charge on any atom is -0.316 e. The van der Waals surface area contributed by atoms with Crippen molar-refractivity contribution in [3.8, 4) is 0 Å². The van der Waals surface area contributed by atoms with Gasteiger partial charge in [-0.3, -0.25) is 4.68 Å². The lowest BCUT2D eigenvalue weighted by Crippen LogP contribution is -2.26. The summed E-state index contributed by atoms with van der Waals surface area (Å²) in [6, 6.07) is 12.9. The average molecular weight is 271 g/mol. The molecule has 1 aromatic carbocycles. The zero-order chi connectivity index (χ0) is 14.2. The van der Waals surface area contributed by atoms with E-state index in [2.05, 4.69) is 53.7 Å². The van der Waals surface area contributed by atoms with Crippen molar-refractivity contribution >= 4 is 0 Å². The Morgan fingerprint density at radius 3 is 2.60 bits per heavy atom. The van der Waals surface area contributed by atoms with Crippen molar-refractivity contribution in [3.63, 3.8) is 0 Å². The standard InChI is InChI=1S/C17H25N3/c1-3-10-18-14-16(12-15-7-5-4-6-8-15)13-17-9-11-20(2)19-17/h4-9,11,16,18H,3,10,12-14H2,1-2H3. The zero-order valence-electron chi connectivity index (χ0n) is 12.5. The Morgan fingerprint density at radius 1 is 1.15 bits per heavy atom. The van der Waals surface area contributed by atoms with Crippen LogP contribution in [-0.2, 0) is 19.9 Å². The Morgan fingerprint density at radius 2 is 1.95 bits per heavy atom. The fourth-order valence-electron chi connectivity index (χ4n) is 2.51. The Hall–Kier alpha value is -1.61. The van der Waals surface area contributed by atoms with Crippen LogP contribution in [0.25, 0.3) is 0 Å². The van der Waals surface area contributed by atoms with E-state index in [-0.39, 0.29) is 0 Å². The van der Waals surface area contributed by atoms with E-state index in [0.717, 1.165) is 25.9 Å². The summed E-state index contributed by atoms with van der Waals surface area (Å²) in [6.45, 7) is 4.35. The molecule has 20 heavy (non-hydrogen) atoms. The second kappa shape index (κ2) is 7.85. The van der Waals surface area contributed by atoms with Gasteiger partial charge in [-0.2, -0.15) is 5.10 Å². The smallest absolute Gasteiger partial charge is 0.0627 e. The van der Waals surface area contributed by atoms with Gasteiger partial charge in [0.1, 0.15) is 0 Å². The molecule has 0 aliphatic heterocycles. The molecule has 0 spiro atoms. The summed E-state index contributed by atoms with van der Waals surface area (Å²) in [7, 11) is 1.98. The first-order valence-corrected chi connectivity index (χ1v) is 7.51. The van der Waals surface area contributed by atoms with Crippen molar-refractivity contribution in [2.24, 2.45) is 13.0 Å². The molecule has 1 aromatic heterocycles. The van der Waals surface area contributed by atoms with Crippen molar-refractivity contribution in [3.05, 3.63) is 53.9 Å². The van der Waals surface area contributed by atoms with E-state index in [1.165, 1.54) is 17.7 Å². The maximum Gasteiger partial charge on any atom is 0.0627 e. The third-order valence-corrected chi connectivity index (χ3v) is 3.49.